The highest BCUT2D eigenvalue weighted by atomic mass is 28.3. The van der Waals surface area contributed by atoms with Gasteiger partial charge in [-0.3, -0.25) is 0 Å². The minimum atomic E-state index is -2.90. The molecule has 0 amide bonds. The molecule has 0 saturated carbocycles. The van der Waals surface area contributed by atoms with Crippen LogP contribution >= 0.6 is 0 Å². The van der Waals surface area contributed by atoms with Gasteiger partial charge in [-0.05, 0) is 70.6 Å². The van der Waals surface area contributed by atoms with E-state index in [4.69, 9.17) is 4.74 Å². The van der Waals surface area contributed by atoms with Gasteiger partial charge in [0, 0.05) is 16.5 Å². The number of fused-ring (bicyclic) bond motifs is 9. The summed E-state index contributed by atoms with van der Waals surface area (Å²) in [5.74, 6) is 1.99. The summed E-state index contributed by atoms with van der Waals surface area (Å²) < 4.78 is 7.55. The lowest BCUT2D eigenvalue weighted by molar-refractivity contribution is 0.489. The quantitative estimate of drug-likeness (QED) is 0.138. The van der Waals surface area contributed by atoms with Crippen molar-refractivity contribution in [2.75, 3.05) is 0 Å². The van der Waals surface area contributed by atoms with Crippen molar-refractivity contribution >= 4 is 50.4 Å². The van der Waals surface area contributed by atoms with Crippen LogP contribution in [0.5, 0.6) is 11.5 Å². The van der Waals surface area contributed by atoms with E-state index in [0.717, 1.165) is 17.1 Å². The number of benzene rings is 8. The van der Waals surface area contributed by atoms with Crippen molar-refractivity contribution in [2.45, 2.75) is 19.3 Å². The second-order valence-corrected chi connectivity index (χ2v) is 17.7. The maximum Gasteiger partial charge on any atom is 0.188 e. The van der Waals surface area contributed by atoms with E-state index in [1.54, 1.807) is 0 Å². The Bertz CT molecular complexity index is 2560. The van der Waals surface area contributed by atoms with Crippen molar-refractivity contribution in [3.63, 3.8) is 0 Å². The molecule has 0 saturated heterocycles. The average molecular weight is 643 g/mol. The summed E-state index contributed by atoms with van der Waals surface area (Å²) in [6, 6.07) is 63.0. The van der Waals surface area contributed by atoms with E-state index in [1.165, 1.54) is 70.1 Å². The molecule has 0 radical (unpaired) electrons. The normalized spacial score (nSPS) is 14.8. The van der Waals surface area contributed by atoms with Gasteiger partial charge in [-0.25, -0.2) is 0 Å². The third-order valence-corrected chi connectivity index (χ3v) is 16.0. The maximum absolute atomic E-state index is 7.55. The second kappa shape index (κ2) is 10.4. The molecule has 2 heteroatoms. The molecule has 1 heterocycles. The largest absolute Gasteiger partial charge is 0.456 e. The van der Waals surface area contributed by atoms with Crippen molar-refractivity contribution in [3.05, 3.63) is 181 Å². The number of hydrogen-bond acceptors (Lipinski definition) is 1. The lowest BCUT2D eigenvalue weighted by atomic mass is 9.82. The first kappa shape index (κ1) is 28.3. The van der Waals surface area contributed by atoms with Gasteiger partial charge in [-0.15, -0.1) is 0 Å². The predicted octanol–water partition coefficient (Wildman–Crippen LogP) is 9.45. The van der Waals surface area contributed by atoms with Crippen molar-refractivity contribution in [1.29, 1.82) is 0 Å². The van der Waals surface area contributed by atoms with Gasteiger partial charge >= 0.3 is 0 Å². The molecule has 1 aliphatic carbocycles. The van der Waals surface area contributed by atoms with E-state index in [9.17, 15) is 0 Å². The molecule has 49 heavy (non-hydrogen) atoms. The van der Waals surface area contributed by atoms with E-state index in [-0.39, 0.29) is 5.41 Å². The molecule has 0 bridgehead atoms. The predicted molar refractivity (Wildman–Crippen MR) is 208 cm³/mol. The van der Waals surface area contributed by atoms with Crippen LogP contribution < -0.4 is 25.5 Å². The first-order valence-corrected chi connectivity index (χ1v) is 19.2. The molecule has 0 N–H and O–H groups in total. The molecule has 1 nitrogen and oxygen atoms in total. The van der Waals surface area contributed by atoms with Crippen LogP contribution in [0.15, 0.2) is 170 Å². The summed E-state index contributed by atoms with van der Waals surface area (Å²) in [5.41, 5.74) is 7.40. The number of rotatable bonds is 3. The van der Waals surface area contributed by atoms with Crippen LogP contribution in [0.1, 0.15) is 25.0 Å². The zero-order valence-corrected chi connectivity index (χ0v) is 28.6. The number of ether oxygens (including phenoxy) is 1. The molecule has 0 unspecified atom stereocenters. The Hall–Kier alpha value is -5.70. The average Bonchev–Trinajstić information content (AvgIpc) is 3.40. The molecule has 2 aliphatic rings. The monoisotopic (exact) mass is 642 g/mol. The van der Waals surface area contributed by atoms with Gasteiger partial charge in [0.2, 0.25) is 0 Å². The first-order valence-electron chi connectivity index (χ1n) is 17.2. The van der Waals surface area contributed by atoms with Crippen LogP contribution in [0.4, 0.5) is 0 Å². The zero-order chi connectivity index (χ0) is 32.7. The first-order chi connectivity index (χ1) is 24.1. The van der Waals surface area contributed by atoms with E-state index in [2.05, 4.69) is 184 Å². The summed E-state index contributed by atoms with van der Waals surface area (Å²) in [7, 11) is -2.90. The van der Waals surface area contributed by atoms with Gasteiger partial charge in [0.25, 0.3) is 0 Å². The van der Waals surface area contributed by atoms with E-state index in [1.807, 2.05) is 0 Å². The maximum atomic E-state index is 7.55. The number of hydrogen-bond donors (Lipinski definition) is 0. The molecule has 10 rings (SSSR count). The molecule has 0 fully saturated rings. The topological polar surface area (TPSA) is 9.23 Å². The Morgan fingerprint density at radius 3 is 1.78 bits per heavy atom. The summed E-state index contributed by atoms with van der Waals surface area (Å²) >= 11 is 0. The molecule has 0 atom stereocenters. The highest BCUT2D eigenvalue weighted by Gasteiger charge is 2.51. The fourth-order valence-electron chi connectivity index (χ4n) is 9.01. The minimum absolute atomic E-state index is 0.137. The fourth-order valence-corrected chi connectivity index (χ4v) is 14.0. The second-order valence-electron chi connectivity index (χ2n) is 14.0. The molecular formula is C47H34OSi. The summed E-state index contributed by atoms with van der Waals surface area (Å²) in [4.78, 5) is 0. The van der Waals surface area contributed by atoms with Gasteiger partial charge < -0.3 is 4.74 Å². The Labute approximate surface area is 288 Å². The van der Waals surface area contributed by atoms with Crippen LogP contribution in [0.2, 0.25) is 0 Å². The van der Waals surface area contributed by atoms with Crippen LogP contribution in [0, 0.1) is 0 Å². The molecule has 8 aromatic carbocycles. The highest BCUT2D eigenvalue weighted by Crippen LogP contribution is 2.54. The minimum Gasteiger partial charge on any atom is -0.456 e. The van der Waals surface area contributed by atoms with E-state index < -0.39 is 8.07 Å². The fraction of sp³-hybridized carbons (Fsp3) is 0.0638. The molecule has 232 valence electrons. The standard InChI is InChI=1S/C47H34OSi/c1-47(2)40-26-14-13-24-38(40)44-41(47)28-29-43-46(44)48-45-37(39-30-31-16-9-10-21-34(31)35-22-11-12-23-36(35)39)25-15-27-42(45)49(43,32-17-5-3-6-18-32)33-19-7-4-8-20-33/h3-30H,1-2H3. The van der Waals surface area contributed by atoms with Gasteiger partial charge in [-0.2, -0.15) is 0 Å². The van der Waals surface area contributed by atoms with Gasteiger partial charge in [-0.1, -0.05) is 178 Å². The van der Waals surface area contributed by atoms with Crippen LogP contribution in [0.25, 0.3) is 43.8 Å². The summed E-state index contributed by atoms with van der Waals surface area (Å²) in [6.07, 6.45) is 0. The van der Waals surface area contributed by atoms with Crippen LogP contribution in [-0.2, 0) is 5.41 Å². The van der Waals surface area contributed by atoms with E-state index >= 15 is 0 Å². The molecule has 0 spiro atoms. The van der Waals surface area contributed by atoms with Crippen molar-refractivity contribution in [2.24, 2.45) is 0 Å². The SMILES string of the molecule is CC1(C)c2ccccc2-c2c1ccc1c2Oc2c(-c3cc4ccccc4c4ccccc34)cccc2[Si]1(c1ccccc1)c1ccccc1. The molecular weight excluding hydrogens is 609 g/mol. The Morgan fingerprint density at radius 1 is 0.429 bits per heavy atom. The molecule has 0 aromatic heterocycles. The van der Waals surface area contributed by atoms with Crippen LogP contribution in [-0.4, -0.2) is 8.07 Å². The zero-order valence-electron chi connectivity index (χ0n) is 27.6. The molecule has 8 aromatic rings. The highest BCUT2D eigenvalue weighted by molar-refractivity contribution is 7.21. The molecule has 1 aliphatic heterocycles. The third-order valence-electron chi connectivity index (χ3n) is 11.2. The summed E-state index contributed by atoms with van der Waals surface area (Å²) in [5, 5.41) is 10.3. The smallest absolute Gasteiger partial charge is 0.188 e. The van der Waals surface area contributed by atoms with Gasteiger partial charge in [0.05, 0.1) is 0 Å². The van der Waals surface area contributed by atoms with Crippen LogP contribution in [0.3, 0.4) is 0 Å². The van der Waals surface area contributed by atoms with Crippen molar-refractivity contribution < 1.29 is 4.74 Å². The lowest BCUT2D eigenvalue weighted by Crippen LogP contribution is -2.76. The lowest BCUT2D eigenvalue weighted by Gasteiger charge is -2.41. The summed E-state index contributed by atoms with van der Waals surface area (Å²) in [6.45, 7) is 4.71. The van der Waals surface area contributed by atoms with Gasteiger partial charge in [0.15, 0.2) is 8.07 Å². The van der Waals surface area contributed by atoms with E-state index in [0.29, 0.717) is 0 Å². The third kappa shape index (κ3) is 3.81. The van der Waals surface area contributed by atoms with Gasteiger partial charge in [0.1, 0.15) is 11.5 Å². The Kier molecular flexibility index (Phi) is 6.01. The van der Waals surface area contributed by atoms with Crippen molar-refractivity contribution in [1.82, 2.24) is 0 Å². The Balaban J connectivity index is 1.38. The number of para-hydroxylation sites is 1. The Morgan fingerprint density at radius 2 is 1.02 bits per heavy atom. The van der Waals surface area contributed by atoms with Crippen molar-refractivity contribution in [3.8, 4) is 33.8 Å².